The lowest BCUT2D eigenvalue weighted by molar-refractivity contribution is -0.385. The Morgan fingerprint density at radius 1 is 1.39 bits per heavy atom. The number of nitro benzene ring substituents is 1. The van der Waals surface area contributed by atoms with Crippen LogP contribution in [0, 0.1) is 35.3 Å². The fourth-order valence-corrected chi connectivity index (χ4v) is 3.21. The zero-order valence-electron chi connectivity index (χ0n) is 14.6. The average Bonchev–Trinajstić information content (AvgIpc) is 2.60. The molecule has 146 valence electrons. The lowest BCUT2D eigenvalue weighted by Gasteiger charge is -2.13. The van der Waals surface area contributed by atoms with Gasteiger partial charge in [-0.3, -0.25) is 14.9 Å². The molecule has 7 nitrogen and oxygen atoms in total. The third kappa shape index (κ3) is 4.77. The van der Waals surface area contributed by atoms with E-state index in [1.165, 1.54) is 38.1 Å². The zero-order chi connectivity index (χ0) is 21.1. The number of nitro groups is 1. The number of hydrogen-bond donors (Lipinski definition) is 1. The number of nitrogens with zero attached hydrogens (tertiary/aromatic N) is 3. The monoisotopic (exact) mass is 410 g/mol. The second-order valence-corrected chi connectivity index (χ2v) is 6.61. The highest BCUT2D eigenvalue weighted by Crippen LogP contribution is 2.36. The van der Waals surface area contributed by atoms with Gasteiger partial charge in [-0.1, -0.05) is 17.8 Å². The second-order valence-electron chi connectivity index (χ2n) is 5.64. The van der Waals surface area contributed by atoms with Crippen LogP contribution in [0.5, 0.6) is 0 Å². The first kappa shape index (κ1) is 21.2. The van der Waals surface area contributed by atoms with Gasteiger partial charge in [-0.15, -0.1) is 0 Å². The van der Waals surface area contributed by atoms with Crippen LogP contribution in [-0.2, 0) is 11.0 Å². The molecule has 0 bridgehead atoms. The van der Waals surface area contributed by atoms with Crippen molar-refractivity contribution in [3.8, 4) is 6.07 Å². The predicted molar refractivity (Wildman–Crippen MR) is 95.9 cm³/mol. The summed E-state index contributed by atoms with van der Waals surface area (Å²) >= 11 is 0.680. The standard InChI is InChI=1S/C17H13F3N4O3S/c1-9-6-12(17(18,19)20)11(7-21)16(22-9)28-8-15(25)23-13-4-3-5-14(10(13)2)24(26)27/h3-6H,8H2,1-2H3,(H,23,25). The lowest BCUT2D eigenvalue weighted by atomic mass is 10.1. The van der Waals surface area contributed by atoms with Crippen molar-refractivity contribution >= 4 is 29.0 Å². The molecule has 0 aliphatic heterocycles. The minimum absolute atomic E-state index is 0.0590. The highest BCUT2D eigenvalue weighted by molar-refractivity contribution is 8.00. The molecule has 1 aromatic heterocycles. The summed E-state index contributed by atoms with van der Waals surface area (Å²) in [4.78, 5) is 26.4. The van der Waals surface area contributed by atoms with Crippen molar-refractivity contribution in [2.24, 2.45) is 0 Å². The first-order valence-electron chi connectivity index (χ1n) is 7.70. The normalized spacial score (nSPS) is 11.0. The molecule has 1 heterocycles. The van der Waals surface area contributed by atoms with Gasteiger partial charge in [0.05, 0.1) is 33.1 Å². The van der Waals surface area contributed by atoms with Crippen LogP contribution in [0.2, 0.25) is 0 Å². The number of anilines is 1. The molecule has 0 spiro atoms. The van der Waals surface area contributed by atoms with Crippen LogP contribution in [0.4, 0.5) is 24.5 Å². The fraction of sp³-hybridized carbons (Fsp3) is 0.235. The molecule has 0 saturated carbocycles. The number of alkyl halides is 3. The molecule has 0 radical (unpaired) electrons. The maximum Gasteiger partial charge on any atom is 0.417 e. The molecule has 28 heavy (non-hydrogen) atoms. The summed E-state index contributed by atoms with van der Waals surface area (Å²) in [5, 5.41) is 22.3. The summed E-state index contributed by atoms with van der Waals surface area (Å²) in [6.07, 6.45) is -4.73. The molecule has 0 atom stereocenters. The molecule has 0 aliphatic rings. The molecular weight excluding hydrogens is 397 g/mol. The van der Waals surface area contributed by atoms with Gasteiger partial charge in [0.1, 0.15) is 11.1 Å². The number of carbonyl (C=O) groups is 1. The highest BCUT2D eigenvalue weighted by Gasteiger charge is 2.35. The number of aromatic nitrogens is 1. The minimum Gasteiger partial charge on any atom is -0.325 e. The number of carbonyl (C=O) groups excluding carboxylic acids is 1. The first-order chi connectivity index (χ1) is 13.0. The Balaban J connectivity index is 2.21. The van der Waals surface area contributed by atoms with E-state index in [-0.39, 0.29) is 33.4 Å². The summed E-state index contributed by atoms with van der Waals surface area (Å²) in [6.45, 7) is 2.82. The van der Waals surface area contributed by atoms with Gasteiger partial charge in [0.25, 0.3) is 5.69 Å². The topological polar surface area (TPSA) is 109 Å². The van der Waals surface area contributed by atoms with Crippen LogP contribution in [0.25, 0.3) is 0 Å². The van der Waals surface area contributed by atoms with E-state index in [9.17, 15) is 28.1 Å². The van der Waals surface area contributed by atoms with Crippen LogP contribution in [0.15, 0.2) is 29.3 Å². The fourth-order valence-electron chi connectivity index (χ4n) is 2.36. The molecule has 0 unspecified atom stereocenters. The van der Waals surface area contributed by atoms with Crippen molar-refractivity contribution in [3.63, 3.8) is 0 Å². The molecule has 2 rings (SSSR count). The van der Waals surface area contributed by atoms with Gasteiger partial charge in [0, 0.05) is 11.8 Å². The van der Waals surface area contributed by atoms with Gasteiger partial charge in [-0.25, -0.2) is 4.98 Å². The number of nitriles is 1. The van der Waals surface area contributed by atoms with Crippen molar-refractivity contribution in [1.82, 2.24) is 4.98 Å². The average molecular weight is 410 g/mol. The van der Waals surface area contributed by atoms with Gasteiger partial charge in [-0.2, -0.15) is 18.4 Å². The first-order valence-corrected chi connectivity index (χ1v) is 8.68. The van der Waals surface area contributed by atoms with Crippen LogP contribution in [-0.4, -0.2) is 21.6 Å². The number of halogens is 3. The molecule has 11 heteroatoms. The van der Waals surface area contributed by atoms with Gasteiger partial charge in [-0.05, 0) is 26.0 Å². The van der Waals surface area contributed by atoms with Crippen LogP contribution >= 0.6 is 11.8 Å². The molecule has 0 fully saturated rings. The number of pyridine rings is 1. The summed E-state index contributed by atoms with van der Waals surface area (Å²) in [5.41, 5.74) is -1.41. The SMILES string of the molecule is Cc1cc(C(F)(F)F)c(C#N)c(SCC(=O)Nc2cccc([N+](=O)[O-])c2C)n1. The van der Waals surface area contributed by atoms with E-state index in [1.807, 2.05) is 0 Å². The summed E-state index contributed by atoms with van der Waals surface area (Å²) in [5.74, 6) is -0.931. The number of hydrogen-bond acceptors (Lipinski definition) is 6. The largest absolute Gasteiger partial charge is 0.417 e. The number of amides is 1. The molecule has 0 saturated heterocycles. The van der Waals surface area contributed by atoms with E-state index >= 15 is 0 Å². The van der Waals surface area contributed by atoms with E-state index in [0.29, 0.717) is 11.8 Å². The number of rotatable bonds is 5. The van der Waals surface area contributed by atoms with Crippen molar-refractivity contribution in [3.05, 3.63) is 56.8 Å². The van der Waals surface area contributed by atoms with E-state index in [0.717, 1.165) is 6.07 Å². The highest BCUT2D eigenvalue weighted by atomic mass is 32.2. The Labute approximate surface area is 161 Å². The van der Waals surface area contributed by atoms with Gasteiger partial charge in [0.15, 0.2) is 0 Å². The Morgan fingerprint density at radius 2 is 2.07 bits per heavy atom. The van der Waals surface area contributed by atoms with E-state index in [2.05, 4.69) is 10.3 Å². The third-order valence-corrected chi connectivity index (χ3v) is 4.62. The van der Waals surface area contributed by atoms with Gasteiger partial charge >= 0.3 is 6.18 Å². The molecule has 1 amide bonds. The van der Waals surface area contributed by atoms with Crippen LogP contribution in [0.3, 0.4) is 0 Å². The zero-order valence-corrected chi connectivity index (χ0v) is 15.4. The summed E-state index contributed by atoms with van der Waals surface area (Å²) in [7, 11) is 0. The number of aryl methyl sites for hydroxylation is 1. The van der Waals surface area contributed by atoms with E-state index in [4.69, 9.17) is 5.26 Å². The van der Waals surface area contributed by atoms with Crippen molar-refractivity contribution in [1.29, 1.82) is 5.26 Å². The van der Waals surface area contributed by atoms with Crippen LogP contribution in [0.1, 0.15) is 22.4 Å². The molecular formula is C17H13F3N4O3S. The molecule has 1 N–H and O–H groups in total. The lowest BCUT2D eigenvalue weighted by Crippen LogP contribution is -2.16. The quantitative estimate of drug-likeness (QED) is 0.449. The summed E-state index contributed by atoms with van der Waals surface area (Å²) < 4.78 is 39.3. The smallest absolute Gasteiger partial charge is 0.325 e. The van der Waals surface area contributed by atoms with Crippen molar-refractivity contribution in [2.45, 2.75) is 25.0 Å². The molecule has 0 aliphatic carbocycles. The maximum absolute atomic E-state index is 13.1. The number of thioether (sulfide) groups is 1. The number of benzene rings is 1. The van der Waals surface area contributed by atoms with E-state index in [1.54, 1.807) is 0 Å². The van der Waals surface area contributed by atoms with Crippen molar-refractivity contribution < 1.29 is 22.9 Å². The minimum atomic E-state index is -4.73. The van der Waals surface area contributed by atoms with Gasteiger partial charge < -0.3 is 5.32 Å². The third-order valence-electron chi connectivity index (χ3n) is 3.65. The van der Waals surface area contributed by atoms with Crippen LogP contribution < -0.4 is 5.32 Å². The Kier molecular flexibility index (Phi) is 6.25. The molecule has 1 aromatic carbocycles. The Hall–Kier alpha value is -3.13. The Bertz CT molecular complexity index is 987. The van der Waals surface area contributed by atoms with Gasteiger partial charge in [0.2, 0.25) is 5.91 Å². The summed E-state index contributed by atoms with van der Waals surface area (Å²) in [6, 6.07) is 6.42. The molecule has 2 aromatic rings. The van der Waals surface area contributed by atoms with E-state index < -0.39 is 28.1 Å². The predicted octanol–water partition coefficient (Wildman–Crippen LogP) is 4.23. The maximum atomic E-state index is 13.1. The van der Waals surface area contributed by atoms with Crippen molar-refractivity contribution in [2.75, 3.05) is 11.1 Å². The number of nitrogens with one attached hydrogen (secondary N) is 1. The Morgan fingerprint density at radius 3 is 2.64 bits per heavy atom. The second kappa shape index (κ2) is 8.26.